The number of aryl methyl sites for hydroxylation is 1. The summed E-state index contributed by atoms with van der Waals surface area (Å²) in [6.45, 7) is 5.57. The van der Waals surface area contributed by atoms with Crippen LogP contribution in [0.2, 0.25) is 5.02 Å². The van der Waals surface area contributed by atoms with E-state index in [1.165, 1.54) is 18.8 Å². The number of aromatic nitrogens is 3. The molecule has 2 heterocycles. The number of halogens is 1. The summed E-state index contributed by atoms with van der Waals surface area (Å²) in [5, 5.41) is 6.32. The van der Waals surface area contributed by atoms with Gasteiger partial charge in [-0.1, -0.05) is 48.0 Å². The molecule has 1 aromatic heterocycles. The van der Waals surface area contributed by atoms with Crippen LogP contribution in [0.5, 0.6) is 0 Å². The summed E-state index contributed by atoms with van der Waals surface area (Å²) in [7, 11) is 0. The molecule has 1 fully saturated rings. The number of amides is 1. The van der Waals surface area contributed by atoms with Gasteiger partial charge < -0.3 is 20.3 Å². The lowest BCUT2D eigenvalue weighted by Gasteiger charge is -2.32. The molecule has 1 aliphatic rings. The highest BCUT2D eigenvalue weighted by molar-refractivity contribution is 6.36. The van der Waals surface area contributed by atoms with Crippen LogP contribution < -0.4 is 15.5 Å². The van der Waals surface area contributed by atoms with E-state index in [0.717, 1.165) is 31.5 Å². The van der Waals surface area contributed by atoms with Gasteiger partial charge in [0.1, 0.15) is 6.33 Å². The maximum Gasteiger partial charge on any atom is 0.232 e. The lowest BCUT2D eigenvalue weighted by molar-refractivity contribution is -0.114. The molecule has 2 N–H and O–H groups in total. The highest BCUT2D eigenvalue weighted by atomic mass is 35.5. The monoisotopic (exact) mass is 466 g/mol. The van der Waals surface area contributed by atoms with Crippen molar-refractivity contribution in [2.24, 2.45) is 0 Å². The molecule has 9 heteroatoms. The topological polar surface area (TPSA) is 92.3 Å². The van der Waals surface area contributed by atoms with E-state index >= 15 is 0 Å². The molecule has 1 aliphatic heterocycles. The Kier molecular flexibility index (Phi) is 7.36. The van der Waals surface area contributed by atoms with E-state index in [9.17, 15) is 4.79 Å². The minimum atomic E-state index is -0.184. The van der Waals surface area contributed by atoms with Gasteiger partial charge in [0.05, 0.1) is 29.1 Å². The number of anilines is 4. The van der Waals surface area contributed by atoms with Crippen LogP contribution in [0.15, 0.2) is 48.8 Å². The third-order valence-corrected chi connectivity index (χ3v) is 5.90. The molecule has 2 aromatic carbocycles. The van der Waals surface area contributed by atoms with Crippen LogP contribution in [0.25, 0.3) is 0 Å². The summed E-state index contributed by atoms with van der Waals surface area (Å²) in [6, 6.07) is 13.9. The van der Waals surface area contributed by atoms with Gasteiger partial charge in [0.2, 0.25) is 17.8 Å². The molecular formula is C24H27ClN6O2. The van der Waals surface area contributed by atoms with Gasteiger partial charge in [-0.15, -0.1) is 0 Å². The van der Waals surface area contributed by atoms with Gasteiger partial charge in [0.25, 0.3) is 0 Å². The van der Waals surface area contributed by atoms with Gasteiger partial charge in [0, 0.05) is 20.0 Å². The van der Waals surface area contributed by atoms with Crippen molar-refractivity contribution < 1.29 is 9.53 Å². The summed E-state index contributed by atoms with van der Waals surface area (Å²) >= 11 is 6.51. The maximum absolute atomic E-state index is 11.5. The fourth-order valence-corrected chi connectivity index (χ4v) is 4.04. The molecular weight excluding hydrogens is 440 g/mol. The number of rotatable bonds is 7. The molecule has 0 saturated carbocycles. The Morgan fingerprint density at radius 3 is 2.64 bits per heavy atom. The van der Waals surface area contributed by atoms with E-state index in [-0.39, 0.29) is 12.0 Å². The van der Waals surface area contributed by atoms with Gasteiger partial charge in [0.15, 0.2) is 0 Å². The van der Waals surface area contributed by atoms with Crippen LogP contribution in [0, 0.1) is 6.92 Å². The first kappa shape index (κ1) is 22.9. The largest absolute Gasteiger partial charge is 0.373 e. The molecule has 0 atom stereocenters. The van der Waals surface area contributed by atoms with Crippen molar-refractivity contribution in [3.05, 3.63) is 64.9 Å². The smallest absolute Gasteiger partial charge is 0.232 e. The Bertz CT molecular complexity index is 1100. The third kappa shape index (κ3) is 5.97. The SMILES string of the molecule is CC(=O)Nc1c(C)ccc(Nc2ncnc(N3CCC(OCc4ccccc4)CC3)n2)c1Cl. The Labute approximate surface area is 198 Å². The zero-order valence-electron chi connectivity index (χ0n) is 18.7. The van der Waals surface area contributed by atoms with Crippen molar-refractivity contribution in [2.75, 3.05) is 28.6 Å². The second kappa shape index (κ2) is 10.6. The first-order valence-corrected chi connectivity index (χ1v) is 11.3. The molecule has 0 bridgehead atoms. The summed E-state index contributed by atoms with van der Waals surface area (Å²) in [5.41, 5.74) is 3.23. The number of carbonyl (C=O) groups is 1. The Morgan fingerprint density at radius 1 is 1.15 bits per heavy atom. The number of piperidine rings is 1. The summed E-state index contributed by atoms with van der Waals surface area (Å²) < 4.78 is 6.08. The number of ether oxygens (including phenoxy) is 1. The van der Waals surface area contributed by atoms with Crippen molar-refractivity contribution in [3.63, 3.8) is 0 Å². The fraction of sp³-hybridized carbons (Fsp3) is 0.333. The molecule has 0 radical (unpaired) electrons. The molecule has 1 amide bonds. The van der Waals surface area contributed by atoms with Crippen LogP contribution in [0.3, 0.4) is 0 Å². The van der Waals surface area contributed by atoms with E-state index < -0.39 is 0 Å². The van der Waals surface area contributed by atoms with Crippen LogP contribution in [-0.2, 0) is 16.1 Å². The maximum atomic E-state index is 11.5. The molecule has 8 nitrogen and oxygen atoms in total. The normalized spacial score (nSPS) is 14.2. The minimum absolute atomic E-state index is 0.184. The highest BCUT2D eigenvalue weighted by Crippen LogP contribution is 2.34. The Hall–Kier alpha value is -3.23. The van der Waals surface area contributed by atoms with E-state index in [1.807, 2.05) is 37.3 Å². The molecule has 0 unspecified atom stereocenters. The van der Waals surface area contributed by atoms with Gasteiger partial charge >= 0.3 is 0 Å². The summed E-state index contributed by atoms with van der Waals surface area (Å²) in [4.78, 5) is 26.8. The number of carbonyl (C=O) groups excluding carboxylic acids is 1. The van der Waals surface area contributed by atoms with Gasteiger partial charge in [-0.25, -0.2) is 9.97 Å². The van der Waals surface area contributed by atoms with Crippen LogP contribution in [0.1, 0.15) is 30.9 Å². The van der Waals surface area contributed by atoms with Crippen molar-refractivity contribution >= 4 is 40.8 Å². The zero-order valence-corrected chi connectivity index (χ0v) is 19.5. The predicted octanol–water partition coefficient (Wildman–Crippen LogP) is 4.72. The van der Waals surface area contributed by atoms with E-state index in [2.05, 4.69) is 42.6 Å². The standard InChI is InChI=1S/C24H27ClN6O2/c1-16-8-9-20(21(25)22(16)28-17(2)32)29-23-26-15-27-24(30-23)31-12-10-19(11-13-31)33-14-18-6-4-3-5-7-18/h3-9,15,19H,10-14H2,1-2H3,(H,28,32)(H,26,27,29,30). The summed E-state index contributed by atoms with van der Waals surface area (Å²) in [5.74, 6) is 0.817. The molecule has 33 heavy (non-hydrogen) atoms. The second-order valence-electron chi connectivity index (χ2n) is 8.02. The molecule has 1 saturated heterocycles. The van der Waals surface area contributed by atoms with Gasteiger partial charge in [-0.3, -0.25) is 4.79 Å². The molecule has 0 spiro atoms. The molecule has 4 rings (SSSR count). The fourth-order valence-electron chi connectivity index (χ4n) is 3.73. The van der Waals surface area contributed by atoms with Crippen LogP contribution >= 0.6 is 11.6 Å². The first-order chi connectivity index (χ1) is 16.0. The quantitative estimate of drug-likeness (QED) is 0.520. The number of hydrogen-bond acceptors (Lipinski definition) is 7. The van der Waals surface area contributed by atoms with Gasteiger partial charge in [-0.2, -0.15) is 4.98 Å². The Morgan fingerprint density at radius 2 is 1.91 bits per heavy atom. The van der Waals surface area contributed by atoms with Crippen molar-refractivity contribution in [3.8, 4) is 0 Å². The second-order valence-corrected chi connectivity index (χ2v) is 8.40. The van der Waals surface area contributed by atoms with E-state index in [0.29, 0.717) is 34.9 Å². The predicted molar refractivity (Wildman–Crippen MR) is 130 cm³/mol. The lowest BCUT2D eigenvalue weighted by Crippen LogP contribution is -2.38. The van der Waals surface area contributed by atoms with Gasteiger partial charge in [-0.05, 0) is 37.0 Å². The molecule has 0 aliphatic carbocycles. The molecule has 172 valence electrons. The number of benzene rings is 2. The first-order valence-electron chi connectivity index (χ1n) is 10.9. The Balaban J connectivity index is 1.37. The number of nitrogens with zero attached hydrogens (tertiary/aromatic N) is 4. The zero-order chi connectivity index (χ0) is 23.2. The van der Waals surface area contributed by atoms with Crippen molar-refractivity contribution in [2.45, 2.75) is 39.4 Å². The lowest BCUT2D eigenvalue weighted by atomic mass is 10.1. The number of hydrogen-bond donors (Lipinski definition) is 2. The third-order valence-electron chi connectivity index (χ3n) is 5.51. The van der Waals surface area contributed by atoms with Crippen molar-refractivity contribution in [1.82, 2.24) is 15.0 Å². The highest BCUT2D eigenvalue weighted by Gasteiger charge is 2.22. The van der Waals surface area contributed by atoms with Crippen molar-refractivity contribution in [1.29, 1.82) is 0 Å². The van der Waals surface area contributed by atoms with E-state index in [1.54, 1.807) is 0 Å². The number of nitrogens with one attached hydrogen (secondary N) is 2. The molecule has 3 aromatic rings. The average molecular weight is 467 g/mol. The summed E-state index contributed by atoms with van der Waals surface area (Å²) in [6.07, 6.45) is 3.52. The average Bonchev–Trinajstić information content (AvgIpc) is 2.83. The van der Waals surface area contributed by atoms with Crippen LogP contribution in [-0.4, -0.2) is 40.1 Å². The minimum Gasteiger partial charge on any atom is -0.373 e. The van der Waals surface area contributed by atoms with E-state index in [4.69, 9.17) is 16.3 Å². The van der Waals surface area contributed by atoms with Crippen LogP contribution in [0.4, 0.5) is 23.3 Å².